The molecule has 0 unspecified atom stereocenters. The second-order valence-electron chi connectivity index (χ2n) is 5.57. The normalized spacial score (nSPS) is 14.9. The van der Waals surface area contributed by atoms with Crippen LogP contribution >= 0.6 is 11.3 Å². The largest absolute Gasteiger partial charge is 0.301 e. The fraction of sp³-hybridized carbons (Fsp3) is 0.333. The van der Waals surface area contributed by atoms with Crippen LogP contribution < -0.4 is 5.32 Å². The van der Waals surface area contributed by atoms with Crippen molar-refractivity contribution < 1.29 is 4.79 Å². The van der Waals surface area contributed by atoms with Crippen molar-refractivity contribution in [1.29, 1.82) is 0 Å². The molecule has 118 valence electrons. The van der Waals surface area contributed by atoms with Gasteiger partial charge in [-0.15, -0.1) is 11.3 Å². The van der Waals surface area contributed by atoms with E-state index in [9.17, 15) is 4.79 Å². The van der Waals surface area contributed by atoms with Gasteiger partial charge < -0.3 is 5.32 Å². The molecule has 0 saturated heterocycles. The van der Waals surface area contributed by atoms with Crippen molar-refractivity contribution in [3.8, 4) is 11.8 Å². The summed E-state index contributed by atoms with van der Waals surface area (Å²) in [6.07, 6.45) is 3.97. The van der Waals surface area contributed by atoms with E-state index in [0.29, 0.717) is 17.7 Å². The Hall–Kier alpha value is -2.16. The average molecular weight is 325 g/mol. The second kappa shape index (κ2) is 7.40. The molecule has 1 aliphatic carbocycles. The van der Waals surface area contributed by atoms with Gasteiger partial charge in [0.25, 0.3) is 0 Å². The van der Waals surface area contributed by atoms with Gasteiger partial charge in [0.1, 0.15) is 0 Å². The molecule has 5 heteroatoms. The number of thiazole rings is 1. The van der Waals surface area contributed by atoms with E-state index in [1.807, 2.05) is 42.6 Å². The Kier molecular flexibility index (Phi) is 5.06. The summed E-state index contributed by atoms with van der Waals surface area (Å²) in [5, 5.41) is 5.37. The van der Waals surface area contributed by atoms with Gasteiger partial charge >= 0.3 is 0 Å². The third-order valence-electron chi connectivity index (χ3n) is 3.82. The Balaban J connectivity index is 1.62. The van der Waals surface area contributed by atoms with E-state index in [0.717, 1.165) is 18.4 Å². The predicted molar refractivity (Wildman–Crippen MR) is 93.3 cm³/mol. The minimum Gasteiger partial charge on any atom is -0.301 e. The zero-order chi connectivity index (χ0) is 16.1. The molecule has 1 aromatic heterocycles. The highest BCUT2D eigenvalue weighted by molar-refractivity contribution is 7.13. The number of benzene rings is 1. The summed E-state index contributed by atoms with van der Waals surface area (Å²) in [4.78, 5) is 18.7. The smallest absolute Gasteiger partial charge is 0.243 e. The summed E-state index contributed by atoms with van der Waals surface area (Å²) in [5.41, 5.74) is 1.00. The van der Waals surface area contributed by atoms with Gasteiger partial charge in [-0.3, -0.25) is 9.69 Å². The maximum absolute atomic E-state index is 12.4. The molecule has 4 nitrogen and oxygen atoms in total. The molecule has 0 radical (unpaired) electrons. The molecule has 1 amide bonds. The summed E-state index contributed by atoms with van der Waals surface area (Å²) in [7, 11) is 0. The Morgan fingerprint density at radius 1 is 1.43 bits per heavy atom. The minimum atomic E-state index is -0.212. The van der Waals surface area contributed by atoms with Crippen molar-refractivity contribution in [2.75, 3.05) is 11.9 Å². The van der Waals surface area contributed by atoms with Gasteiger partial charge in [-0.05, 0) is 31.9 Å². The molecule has 1 heterocycles. The lowest BCUT2D eigenvalue weighted by Gasteiger charge is -2.25. The quantitative estimate of drug-likeness (QED) is 0.860. The number of anilines is 1. The standard InChI is InChI=1S/C18H19N3OS/c1-14(17(22)20-18-19-11-13-23-18)21(16-9-10-16)12-5-8-15-6-3-2-4-7-15/h2-4,6-7,11,13-14,16H,9-10,12H2,1H3,(H,19,20,22)/t14-/m1/s1. The third-order valence-corrected chi connectivity index (χ3v) is 4.51. The van der Waals surface area contributed by atoms with Gasteiger partial charge in [0, 0.05) is 23.2 Å². The van der Waals surface area contributed by atoms with E-state index in [1.54, 1.807) is 6.20 Å². The van der Waals surface area contributed by atoms with Gasteiger partial charge in [0.2, 0.25) is 5.91 Å². The van der Waals surface area contributed by atoms with Crippen LogP contribution in [0, 0.1) is 11.8 Å². The van der Waals surface area contributed by atoms with Crippen molar-refractivity contribution in [1.82, 2.24) is 9.88 Å². The molecule has 23 heavy (non-hydrogen) atoms. The number of aromatic nitrogens is 1. The maximum Gasteiger partial charge on any atom is 0.243 e. The van der Waals surface area contributed by atoms with Crippen LogP contribution in [0.1, 0.15) is 25.3 Å². The molecule has 1 N–H and O–H groups in total. The van der Waals surface area contributed by atoms with E-state index in [2.05, 4.69) is 27.0 Å². The first kappa shape index (κ1) is 15.7. The van der Waals surface area contributed by atoms with E-state index < -0.39 is 0 Å². The van der Waals surface area contributed by atoms with Crippen LogP contribution in [0.5, 0.6) is 0 Å². The number of carbonyl (C=O) groups is 1. The SMILES string of the molecule is C[C@H](C(=O)Nc1nccs1)N(CC#Cc1ccccc1)C1CC1. The first-order valence-corrected chi connectivity index (χ1v) is 8.62. The summed E-state index contributed by atoms with van der Waals surface area (Å²) < 4.78 is 0. The highest BCUT2D eigenvalue weighted by Gasteiger charge is 2.34. The van der Waals surface area contributed by atoms with Crippen LogP contribution in [0.15, 0.2) is 41.9 Å². The summed E-state index contributed by atoms with van der Waals surface area (Å²) in [6, 6.07) is 10.2. The molecular formula is C18H19N3OS. The lowest BCUT2D eigenvalue weighted by molar-refractivity contribution is -0.120. The van der Waals surface area contributed by atoms with Crippen molar-refractivity contribution in [2.24, 2.45) is 0 Å². The molecule has 3 rings (SSSR count). The number of carbonyl (C=O) groups excluding carboxylic acids is 1. The van der Waals surface area contributed by atoms with Crippen LogP contribution in [0.2, 0.25) is 0 Å². The fourth-order valence-electron chi connectivity index (χ4n) is 2.39. The lowest BCUT2D eigenvalue weighted by Crippen LogP contribution is -2.43. The van der Waals surface area contributed by atoms with Gasteiger partial charge in [-0.2, -0.15) is 0 Å². The molecule has 0 bridgehead atoms. The van der Waals surface area contributed by atoms with Crippen molar-refractivity contribution in [2.45, 2.75) is 31.8 Å². The number of nitrogens with one attached hydrogen (secondary N) is 1. The highest BCUT2D eigenvalue weighted by Crippen LogP contribution is 2.28. The number of hydrogen-bond donors (Lipinski definition) is 1. The van der Waals surface area contributed by atoms with Crippen molar-refractivity contribution in [3.05, 3.63) is 47.5 Å². The summed E-state index contributed by atoms with van der Waals surface area (Å²) >= 11 is 1.43. The van der Waals surface area contributed by atoms with E-state index in [-0.39, 0.29) is 11.9 Å². The Labute approximate surface area is 140 Å². The Bertz CT molecular complexity index is 699. The van der Waals surface area contributed by atoms with Gasteiger partial charge in [0.05, 0.1) is 12.6 Å². The fourth-order valence-corrected chi connectivity index (χ4v) is 2.92. The van der Waals surface area contributed by atoms with Crippen molar-refractivity contribution >= 4 is 22.4 Å². The molecule has 1 aliphatic rings. The molecule has 1 fully saturated rings. The number of amides is 1. The molecule has 1 atom stereocenters. The van der Waals surface area contributed by atoms with Gasteiger partial charge in [-0.25, -0.2) is 4.98 Å². The Morgan fingerprint density at radius 2 is 2.22 bits per heavy atom. The topological polar surface area (TPSA) is 45.2 Å². The molecule has 1 aromatic carbocycles. The van der Waals surface area contributed by atoms with Gasteiger partial charge in [-0.1, -0.05) is 30.0 Å². The van der Waals surface area contributed by atoms with E-state index in [4.69, 9.17) is 0 Å². The van der Waals surface area contributed by atoms with Crippen LogP contribution in [0.25, 0.3) is 0 Å². The lowest BCUT2D eigenvalue weighted by atomic mass is 10.2. The molecule has 0 aliphatic heterocycles. The first-order chi connectivity index (χ1) is 11.2. The molecule has 1 saturated carbocycles. The predicted octanol–water partition coefficient (Wildman–Crippen LogP) is 2.99. The zero-order valence-corrected chi connectivity index (χ0v) is 13.8. The third kappa shape index (κ3) is 4.41. The average Bonchev–Trinajstić information content (AvgIpc) is 3.28. The van der Waals surface area contributed by atoms with Gasteiger partial charge in [0.15, 0.2) is 5.13 Å². The molecule has 2 aromatic rings. The number of nitrogens with zero attached hydrogens (tertiary/aromatic N) is 2. The minimum absolute atomic E-state index is 0.0200. The van der Waals surface area contributed by atoms with E-state index >= 15 is 0 Å². The number of rotatable bonds is 5. The van der Waals surface area contributed by atoms with Crippen molar-refractivity contribution in [3.63, 3.8) is 0 Å². The Morgan fingerprint density at radius 3 is 2.87 bits per heavy atom. The zero-order valence-electron chi connectivity index (χ0n) is 13.0. The second-order valence-corrected chi connectivity index (χ2v) is 6.47. The maximum atomic E-state index is 12.4. The van der Waals surface area contributed by atoms with Crippen LogP contribution in [0.3, 0.4) is 0 Å². The highest BCUT2D eigenvalue weighted by atomic mass is 32.1. The monoisotopic (exact) mass is 325 g/mol. The number of hydrogen-bond acceptors (Lipinski definition) is 4. The van der Waals surface area contributed by atoms with Crippen LogP contribution in [0.4, 0.5) is 5.13 Å². The first-order valence-electron chi connectivity index (χ1n) is 7.74. The summed E-state index contributed by atoms with van der Waals surface area (Å²) in [6.45, 7) is 2.54. The van der Waals surface area contributed by atoms with Crippen LogP contribution in [-0.2, 0) is 4.79 Å². The summed E-state index contributed by atoms with van der Waals surface area (Å²) in [5.74, 6) is 6.34. The molecular weight excluding hydrogens is 306 g/mol. The van der Waals surface area contributed by atoms with E-state index in [1.165, 1.54) is 11.3 Å². The molecule has 0 spiro atoms. The van der Waals surface area contributed by atoms with Crippen LogP contribution in [-0.4, -0.2) is 34.4 Å².